The first-order chi connectivity index (χ1) is 10.2. The van der Waals surface area contributed by atoms with Crippen molar-refractivity contribution in [2.24, 2.45) is 0 Å². The van der Waals surface area contributed by atoms with E-state index in [9.17, 15) is 4.39 Å². The molecule has 0 saturated heterocycles. The van der Waals surface area contributed by atoms with Crippen molar-refractivity contribution in [3.05, 3.63) is 83.2 Å². The summed E-state index contributed by atoms with van der Waals surface area (Å²) in [4.78, 5) is 0. The third-order valence-electron chi connectivity index (χ3n) is 3.20. The summed E-state index contributed by atoms with van der Waals surface area (Å²) in [5.74, 6) is -0.224. The highest BCUT2D eigenvalue weighted by atomic mass is 35.5. The molecule has 2 aromatic carbocycles. The lowest BCUT2D eigenvalue weighted by atomic mass is 10.2. The van der Waals surface area contributed by atoms with Gasteiger partial charge >= 0.3 is 0 Å². The topological polar surface area (TPSA) is 21.7 Å². The van der Waals surface area contributed by atoms with Crippen LogP contribution in [0.25, 0.3) is 0 Å². The van der Waals surface area contributed by atoms with E-state index in [0.29, 0.717) is 13.1 Å². The third-order valence-corrected chi connectivity index (χ3v) is 3.57. The highest BCUT2D eigenvalue weighted by molar-refractivity contribution is 6.31. The summed E-state index contributed by atoms with van der Waals surface area (Å²) >= 11 is 6.14. The summed E-state index contributed by atoms with van der Waals surface area (Å²) < 4.78 is 16.6. The molecule has 0 radical (unpaired) electrons. The van der Waals surface area contributed by atoms with Crippen LogP contribution < -0.4 is 17.0 Å². The van der Waals surface area contributed by atoms with E-state index in [0.717, 1.165) is 16.1 Å². The van der Waals surface area contributed by atoms with E-state index >= 15 is 0 Å². The molecule has 114 valence electrons. The first kappa shape index (κ1) is 16.5. The zero-order chi connectivity index (χ0) is 14.7. The van der Waals surface area contributed by atoms with Gasteiger partial charge in [0.2, 0.25) is 6.33 Å². The van der Waals surface area contributed by atoms with Gasteiger partial charge in [-0.1, -0.05) is 41.9 Å². The molecule has 3 nitrogen and oxygen atoms in total. The lowest BCUT2D eigenvalue weighted by molar-refractivity contribution is -0.689. The van der Waals surface area contributed by atoms with Gasteiger partial charge in [0.1, 0.15) is 12.4 Å². The fraction of sp³-hybridized carbons (Fsp3) is 0.125. The first-order valence-electron chi connectivity index (χ1n) is 6.60. The van der Waals surface area contributed by atoms with Crippen LogP contribution in [0.1, 0.15) is 11.1 Å². The Bertz CT molecular complexity index is 741. The molecule has 1 heterocycles. The Morgan fingerprint density at radius 1 is 1.09 bits per heavy atom. The van der Waals surface area contributed by atoms with Gasteiger partial charge in [-0.25, -0.2) is 8.96 Å². The molecule has 0 bridgehead atoms. The number of halogens is 3. The molecule has 22 heavy (non-hydrogen) atoms. The van der Waals surface area contributed by atoms with Crippen LogP contribution in [0.4, 0.5) is 4.39 Å². The monoisotopic (exact) mass is 337 g/mol. The summed E-state index contributed by atoms with van der Waals surface area (Å²) in [5.41, 5.74) is 2.05. The molecule has 0 spiro atoms. The number of rotatable bonds is 4. The van der Waals surface area contributed by atoms with Gasteiger partial charge in [0.25, 0.3) is 6.33 Å². The van der Waals surface area contributed by atoms with Crippen LogP contribution >= 0.6 is 11.6 Å². The van der Waals surface area contributed by atoms with Crippen molar-refractivity contribution in [3.8, 4) is 0 Å². The number of nitrogens with zero attached hydrogens (tertiary/aromatic N) is 3. The molecule has 0 saturated carbocycles. The van der Waals surface area contributed by atoms with Crippen molar-refractivity contribution in [3.63, 3.8) is 0 Å². The molecule has 0 aliphatic heterocycles. The van der Waals surface area contributed by atoms with Gasteiger partial charge in [-0.05, 0) is 23.8 Å². The van der Waals surface area contributed by atoms with E-state index in [2.05, 4.69) is 5.10 Å². The standard InChI is InChI=1S/C16H14ClFN3.ClH/c17-16-4-2-1-3-14(16)10-21-12-20(11-19-21)9-13-5-7-15(18)8-6-13;/h1-8,11-12H,9-10H2;1H/q+1;/p-1. The van der Waals surface area contributed by atoms with E-state index in [4.69, 9.17) is 11.6 Å². The summed E-state index contributed by atoms with van der Waals surface area (Å²) in [7, 11) is 0. The van der Waals surface area contributed by atoms with Crippen LogP contribution in [-0.4, -0.2) is 9.78 Å². The molecule has 0 aliphatic carbocycles. The van der Waals surface area contributed by atoms with Crippen LogP contribution in [0.5, 0.6) is 0 Å². The SMILES string of the molecule is Fc1ccc(C[n+]2cnn(Cc3ccccc3Cl)c2)cc1.[Cl-]. The van der Waals surface area contributed by atoms with Crippen LogP contribution in [0.2, 0.25) is 5.02 Å². The first-order valence-corrected chi connectivity index (χ1v) is 6.98. The average Bonchev–Trinajstić information content (AvgIpc) is 2.91. The van der Waals surface area contributed by atoms with Crippen molar-refractivity contribution in [2.75, 3.05) is 0 Å². The lowest BCUT2D eigenvalue weighted by Crippen LogP contribution is -3.00. The van der Waals surface area contributed by atoms with Crippen molar-refractivity contribution in [1.82, 2.24) is 9.78 Å². The van der Waals surface area contributed by atoms with Gasteiger partial charge < -0.3 is 12.4 Å². The zero-order valence-corrected chi connectivity index (χ0v) is 13.2. The lowest BCUT2D eigenvalue weighted by Gasteiger charge is -1.99. The summed E-state index contributed by atoms with van der Waals surface area (Å²) in [5, 5.41) is 5.05. The Kier molecular flexibility index (Phi) is 5.52. The van der Waals surface area contributed by atoms with Crippen molar-refractivity contribution >= 4 is 11.6 Å². The molecular weight excluding hydrogens is 324 g/mol. The molecular formula is C16H14Cl2FN3. The van der Waals surface area contributed by atoms with Gasteiger partial charge in [-0.15, -0.1) is 4.68 Å². The molecule has 1 aromatic heterocycles. The predicted molar refractivity (Wildman–Crippen MR) is 78.5 cm³/mol. The fourth-order valence-corrected chi connectivity index (χ4v) is 2.32. The van der Waals surface area contributed by atoms with Crippen molar-refractivity contribution < 1.29 is 21.4 Å². The molecule has 0 N–H and O–H groups in total. The van der Waals surface area contributed by atoms with Gasteiger partial charge in [0.15, 0.2) is 0 Å². The molecule has 3 rings (SSSR count). The molecule has 0 aliphatic rings. The smallest absolute Gasteiger partial charge is 0.265 e. The summed E-state index contributed by atoms with van der Waals surface area (Å²) in [6, 6.07) is 14.2. The second-order valence-corrected chi connectivity index (χ2v) is 5.24. The number of hydrogen-bond donors (Lipinski definition) is 0. The largest absolute Gasteiger partial charge is 1.00 e. The number of aromatic nitrogens is 3. The Morgan fingerprint density at radius 3 is 2.55 bits per heavy atom. The number of benzene rings is 2. The quantitative estimate of drug-likeness (QED) is 0.617. The minimum atomic E-state index is -0.224. The van der Waals surface area contributed by atoms with Crippen LogP contribution in [-0.2, 0) is 13.1 Å². The highest BCUT2D eigenvalue weighted by Gasteiger charge is 2.09. The van der Waals surface area contributed by atoms with E-state index in [-0.39, 0.29) is 18.2 Å². The minimum absolute atomic E-state index is 0. The molecule has 0 amide bonds. The third kappa shape index (κ3) is 4.06. The van der Waals surface area contributed by atoms with Gasteiger partial charge in [0, 0.05) is 15.7 Å². The molecule has 0 atom stereocenters. The summed E-state index contributed by atoms with van der Waals surface area (Å²) in [6.45, 7) is 1.28. The fourth-order valence-electron chi connectivity index (χ4n) is 2.13. The zero-order valence-electron chi connectivity index (χ0n) is 11.7. The molecule has 6 heteroatoms. The van der Waals surface area contributed by atoms with Crippen molar-refractivity contribution in [1.29, 1.82) is 0 Å². The minimum Gasteiger partial charge on any atom is -1.00 e. The van der Waals surface area contributed by atoms with Gasteiger partial charge in [-0.3, -0.25) is 0 Å². The highest BCUT2D eigenvalue weighted by Crippen LogP contribution is 2.15. The van der Waals surface area contributed by atoms with Crippen LogP contribution in [0, 0.1) is 5.82 Å². The van der Waals surface area contributed by atoms with Crippen LogP contribution in [0.15, 0.2) is 61.2 Å². The van der Waals surface area contributed by atoms with E-state index in [1.165, 1.54) is 12.1 Å². The Labute approximate surface area is 139 Å². The summed E-state index contributed by atoms with van der Waals surface area (Å²) in [6.07, 6.45) is 3.66. The Morgan fingerprint density at radius 2 is 1.82 bits per heavy atom. The van der Waals surface area contributed by atoms with Crippen LogP contribution in [0.3, 0.4) is 0 Å². The normalized spacial score (nSPS) is 10.3. The average molecular weight is 338 g/mol. The number of hydrogen-bond acceptors (Lipinski definition) is 1. The predicted octanol–water partition coefficient (Wildman–Crippen LogP) is 0.0637. The maximum absolute atomic E-state index is 12.9. The van der Waals surface area contributed by atoms with Gasteiger partial charge in [0.05, 0.1) is 6.54 Å². The maximum atomic E-state index is 12.9. The van der Waals surface area contributed by atoms with E-state index in [1.54, 1.807) is 18.5 Å². The Balaban J connectivity index is 0.00000176. The molecule has 0 unspecified atom stereocenters. The second kappa shape index (κ2) is 7.38. The Hall–Kier alpha value is -1.91. The maximum Gasteiger partial charge on any atom is 0.265 e. The van der Waals surface area contributed by atoms with E-state index < -0.39 is 0 Å². The molecule has 0 fully saturated rings. The van der Waals surface area contributed by atoms with Crippen molar-refractivity contribution in [2.45, 2.75) is 13.1 Å². The molecule has 3 aromatic rings. The second-order valence-electron chi connectivity index (χ2n) is 4.83. The van der Waals surface area contributed by atoms with Gasteiger partial charge in [-0.2, -0.15) is 0 Å². The van der Waals surface area contributed by atoms with E-state index in [1.807, 2.05) is 39.8 Å².